The lowest BCUT2D eigenvalue weighted by molar-refractivity contribution is -0.150. The summed E-state index contributed by atoms with van der Waals surface area (Å²) < 4.78 is 13.7. The Morgan fingerprint density at radius 2 is 1.69 bits per heavy atom. The first-order valence-electron chi connectivity index (χ1n) is 21.7. The molecule has 0 aromatic heterocycles. The summed E-state index contributed by atoms with van der Waals surface area (Å²) >= 11 is 3.73. The molecule has 5 aliphatic heterocycles. The van der Waals surface area contributed by atoms with Gasteiger partial charge in [-0.15, -0.1) is 0 Å². The predicted molar refractivity (Wildman–Crippen MR) is 244 cm³/mol. The van der Waals surface area contributed by atoms with E-state index >= 15 is 4.79 Å². The normalized spacial score (nSPS) is 25.9. The number of rotatable bonds is 10. The summed E-state index contributed by atoms with van der Waals surface area (Å²) in [5.74, 6) is 0.398. The number of ether oxygens (including phenoxy) is 2. The van der Waals surface area contributed by atoms with Gasteiger partial charge in [0.05, 0.1) is 59.3 Å². The van der Waals surface area contributed by atoms with E-state index in [0.717, 1.165) is 77.2 Å². The van der Waals surface area contributed by atoms with Crippen LogP contribution in [0.1, 0.15) is 50.2 Å². The summed E-state index contributed by atoms with van der Waals surface area (Å²) in [6, 6.07) is 32.2. The highest BCUT2D eigenvalue weighted by Crippen LogP contribution is 2.60. The molecule has 320 valence electrons. The minimum absolute atomic E-state index is 0.0440. The van der Waals surface area contributed by atoms with Crippen molar-refractivity contribution in [2.24, 2.45) is 5.92 Å². The van der Waals surface area contributed by atoms with Crippen LogP contribution in [0.5, 0.6) is 5.75 Å². The van der Waals surface area contributed by atoms with Crippen molar-refractivity contribution in [1.29, 1.82) is 0 Å². The molecular formula is C48H56BrN5O6Si. The fourth-order valence-electron chi connectivity index (χ4n) is 11.5. The third-order valence-corrected chi connectivity index (χ3v) is 19.4. The van der Waals surface area contributed by atoms with Gasteiger partial charge in [0, 0.05) is 33.9 Å². The molecule has 11 nitrogen and oxygen atoms in total. The van der Waals surface area contributed by atoms with Crippen molar-refractivity contribution in [3.8, 4) is 5.75 Å². The topological polar surface area (TPSA) is 115 Å². The number of aliphatic hydroxyl groups is 1. The van der Waals surface area contributed by atoms with Gasteiger partial charge < -0.3 is 34.6 Å². The largest absolute Gasteiger partial charge is 0.497 e. The molecule has 5 atom stereocenters. The summed E-state index contributed by atoms with van der Waals surface area (Å²) in [5.41, 5.74) is 2.22. The molecule has 3 amide bonds. The van der Waals surface area contributed by atoms with Gasteiger partial charge in [0.15, 0.2) is 5.60 Å². The maximum absolute atomic E-state index is 15.6. The SMILES string of the molecule is COc1ccc([Si](C)(C)[C@@H]2[C@@H](CC(=O)N3CCC[C@H]3CO)O[C@]3(C(=O)N(Cc4cccc(N5CN(c6ccccc6)C6(CCNCC6)C5=O)c4)c4ccc(Br)cc43)[C@H]2C)cc1. The van der Waals surface area contributed by atoms with Crippen molar-refractivity contribution in [1.82, 2.24) is 10.2 Å². The van der Waals surface area contributed by atoms with Crippen molar-refractivity contribution in [3.63, 3.8) is 0 Å². The Morgan fingerprint density at radius 3 is 2.41 bits per heavy atom. The summed E-state index contributed by atoms with van der Waals surface area (Å²) in [7, 11) is -0.839. The van der Waals surface area contributed by atoms with Crippen molar-refractivity contribution in [2.75, 3.05) is 54.7 Å². The van der Waals surface area contributed by atoms with Crippen LogP contribution in [0.15, 0.2) is 102 Å². The van der Waals surface area contributed by atoms with Crippen LogP contribution in [0.3, 0.4) is 0 Å². The highest BCUT2D eigenvalue weighted by Gasteiger charge is 2.66. The van der Waals surface area contributed by atoms with E-state index < -0.39 is 25.3 Å². The van der Waals surface area contributed by atoms with Gasteiger partial charge in [-0.25, -0.2) is 0 Å². The van der Waals surface area contributed by atoms with Gasteiger partial charge >= 0.3 is 0 Å². The van der Waals surface area contributed by atoms with Crippen LogP contribution in [0.4, 0.5) is 17.1 Å². The fraction of sp³-hybridized carbons (Fsp3) is 0.438. The molecule has 4 fully saturated rings. The van der Waals surface area contributed by atoms with Crippen molar-refractivity contribution in [2.45, 2.75) is 87.5 Å². The third-order valence-electron chi connectivity index (χ3n) is 14.6. The lowest BCUT2D eigenvalue weighted by atomic mass is 9.82. The number of benzene rings is 4. The Hall–Kier alpha value is -4.53. The average Bonchev–Trinajstić information content (AvgIpc) is 4.00. The highest BCUT2D eigenvalue weighted by atomic mass is 79.9. The Balaban J connectivity index is 1.06. The van der Waals surface area contributed by atoms with Crippen LogP contribution < -0.4 is 29.9 Å². The molecular weight excluding hydrogens is 851 g/mol. The highest BCUT2D eigenvalue weighted by molar-refractivity contribution is 9.10. The predicted octanol–water partition coefficient (Wildman–Crippen LogP) is 6.53. The number of nitrogens with zero attached hydrogens (tertiary/aromatic N) is 4. The van der Waals surface area contributed by atoms with Crippen molar-refractivity contribution in [3.05, 3.63) is 113 Å². The molecule has 9 rings (SSSR count). The summed E-state index contributed by atoms with van der Waals surface area (Å²) in [4.78, 5) is 52.2. The molecule has 4 saturated heterocycles. The number of carbonyl (C=O) groups excluding carboxylic acids is 3. The first kappa shape index (κ1) is 41.8. The van der Waals surface area contributed by atoms with Crippen molar-refractivity contribution >= 4 is 64.0 Å². The van der Waals surface area contributed by atoms with Gasteiger partial charge in [-0.3, -0.25) is 19.3 Å². The van der Waals surface area contributed by atoms with Gasteiger partial charge in [-0.05, 0) is 104 Å². The van der Waals surface area contributed by atoms with E-state index in [0.29, 0.717) is 13.2 Å². The first-order valence-corrected chi connectivity index (χ1v) is 25.6. The molecule has 13 heteroatoms. The number of nitrogens with one attached hydrogen (secondary N) is 1. The molecule has 0 radical (unpaired) electrons. The number of piperidine rings is 1. The van der Waals surface area contributed by atoms with Crippen LogP contribution in [0, 0.1) is 5.92 Å². The van der Waals surface area contributed by atoms with E-state index in [-0.39, 0.29) is 54.8 Å². The zero-order valence-electron chi connectivity index (χ0n) is 35.5. The standard InChI is InChI=1S/C48H56BrN5O6Si/c1-32-44(61(3,4)39-18-16-38(59-2)17-19-39)42(28-43(56)51-25-9-14-37(51)30-55)60-48(32)40-27-34(49)15-20-41(40)52(46(48)58)29-33-10-8-13-36(26-33)53-31-54(35-11-6-5-7-12-35)47(45(53)57)21-23-50-24-22-47/h5-8,10-13,15-20,26-27,32,37,42,44,50,55H,9,14,21-25,28-31H2,1-4H3/t32-,37-,42+,44-,48+/m0/s1. The minimum Gasteiger partial charge on any atom is -0.497 e. The fourth-order valence-corrected chi connectivity index (χ4v) is 15.8. The van der Waals surface area contributed by atoms with Gasteiger partial charge in [0.25, 0.3) is 11.8 Å². The second-order valence-corrected chi connectivity index (χ2v) is 23.7. The molecule has 2 spiro atoms. The number of para-hydroxylation sites is 1. The number of likely N-dealkylation sites (tertiary alicyclic amines) is 1. The Kier molecular flexibility index (Phi) is 11.2. The monoisotopic (exact) mass is 905 g/mol. The van der Waals surface area contributed by atoms with Crippen LogP contribution in [-0.4, -0.2) is 93.5 Å². The van der Waals surface area contributed by atoms with Crippen LogP contribution in [0.25, 0.3) is 0 Å². The molecule has 4 aromatic carbocycles. The number of fused-ring (bicyclic) bond motifs is 2. The number of aliphatic hydroxyl groups excluding tert-OH is 1. The van der Waals surface area contributed by atoms with E-state index in [9.17, 15) is 14.7 Å². The Labute approximate surface area is 368 Å². The number of methoxy groups -OCH3 is 1. The Bertz CT molecular complexity index is 2310. The lowest BCUT2D eigenvalue weighted by Crippen LogP contribution is -2.55. The van der Waals surface area contributed by atoms with Gasteiger partial charge in [-0.2, -0.15) is 0 Å². The van der Waals surface area contributed by atoms with Crippen LogP contribution in [-0.2, 0) is 31.3 Å². The summed E-state index contributed by atoms with van der Waals surface area (Å²) in [6.45, 7) is 9.57. The van der Waals surface area contributed by atoms with Gasteiger partial charge in [0.1, 0.15) is 11.3 Å². The van der Waals surface area contributed by atoms with E-state index in [1.54, 1.807) is 7.11 Å². The van der Waals surface area contributed by atoms with Gasteiger partial charge in [0.2, 0.25) is 5.91 Å². The lowest BCUT2D eigenvalue weighted by Gasteiger charge is -2.39. The molecule has 0 saturated carbocycles. The molecule has 0 bridgehead atoms. The number of anilines is 3. The number of halogens is 1. The molecule has 2 N–H and O–H groups in total. The maximum atomic E-state index is 15.6. The quantitative estimate of drug-likeness (QED) is 0.173. The molecule has 4 aromatic rings. The first-order chi connectivity index (χ1) is 29.4. The second-order valence-electron chi connectivity index (χ2n) is 18.1. The zero-order chi connectivity index (χ0) is 42.7. The Morgan fingerprint density at radius 1 is 0.951 bits per heavy atom. The summed E-state index contributed by atoms with van der Waals surface area (Å²) in [6.07, 6.45) is 2.65. The van der Waals surface area contributed by atoms with E-state index in [1.807, 2.05) is 81.4 Å². The number of hydrogen-bond acceptors (Lipinski definition) is 8. The second kappa shape index (κ2) is 16.3. The van der Waals surface area contributed by atoms with E-state index in [2.05, 4.69) is 76.5 Å². The number of amides is 3. The molecule has 61 heavy (non-hydrogen) atoms. The zero-order valence-corrected chi connectivity index (χ0v) is 38.1. The molecule has 0 unspecified atom stereocenters. The number of carbonyl (C=O) groups is 3. The molecule has 0 aliphatic carbocycles. The van der Waals surface area contributed by atoms with Crippen LogP contribution >= 0.6 is 15.9 Å². The minimum atomic E-state index is -2.50. The van der Waals surface area contributed by atoms with E-state index in [4.69, 9.17) is 9.47 Å². The average molecular weight is 907 g/mol. The molecule has 5 heterocycles. The number of hydrogen-bond donors (Lipinski definition) is 2. The summed E-state index contributed by atoms with van der Waals surface area (Å²) in [5, 5.41) is 14.8. The smallest absolute Gasteiger partial charge is 0.264 e. The third kappa shape index (κ3) is 6.91. The molecule has 5 aliphatic rings. The van der Waals surface area contributed by atoms with Gasteiger partial charge in [-0.1, -0.05) is 83.6 Å². The van der Waals surface area contributed by atoms with Crippen molar-refractivity contribution < 1.29 is 29.0 Å². The van der Waals surface area contributed by atoms with Crippen LogP contribution in [0.2, 0.25) is 18.6 Å². The maximum Gasteiger partial charge on any atom is 0.264 e. The van der Waals surface area contributed by atoms with E-state index in [1.165, 1.54) is 5.19 Å².